The van der Waals surface area contributed by atoms with Gasteiger partial charge in [-0.1, -0.05) is 19.3 Å². The van der Waals surface area contributed by atoms with E-state index in [1.54, 1.807) is 0 Å². The molecular formula is C9H16NO-. The standard InChI is InChI=1S/C9H16NO/c11-10-6-5-8-3-1-2-4-9(8)7-10/h8-9H,1-7H2/q-1. The monoisotopic (exact) mass is 154 g/mol. The Labute approximate surface area is 68.2 Å². The van der Waals surface area contributed by atoms with Gasteiger partial charge in [-0.15, -0.1) is 0 Å². The molecule has 2 aliphatic rings. The van der Waals surface area contributed by atoms with Crippen LogP contribution in [0.5, 0.6) is 0 Å². The highest BCUT2D eigenvalue weighted by atomic mass is 16.5. The third-order valence-corrected chi connectivity index (χ3v) is 3.25. The Morgan fingerprint density at radius 2 is 1.73 bits per heavy atom. The van der Waals surface area contributed by atoms with Gasteiger partial charge in [0.05, 0.1) is 0 Å². The molecule has 1 aliphatic carbocycles. The molecule has 2 rings (SSSR count). The van der Waals surface area contributed by atoms with Crippen LogP contribution < -0.4 is 0 Å². The molecule has 0 spiro atoms. The fraction of sp³-hybridized carbons (Fsp3) is 1.00. The Morgan fingerprint density at radius 1 is 1.00 bits per heavy atom. The van der Waals surface area contributed by atoms with Gasteiger partial charge in [-0.3, -0.25) is 0 Å². The Hall–Kier alpha value is -0.0800. The highest BCUT2D eigenvalue weighted by molar-refractivity contribution is 4.83. The molecule has 0 amide bonds. The first kappa shape index (κ1) is 7.56. The summed E-state index contributed by atoms with van der Waals surface area (Å²) >= 11 is 0. The average molecular weight is 154 g/mol. The molecule has 0 aromatic heterocycles. The number of hydroxylamine groups is 2. The van der Waals surface area contributed by atoms with Crippen molar-refractivity contribution in [2.24, 2.45) is 11.8 Å². The predicted molar refractivity (Wildman–Crippen MR) is 45.0 cm³/mol. The van der Waals surface area contributed by atoms with E-state index in [1.807, 2.05) is 0 Å². The van der Waals surface area contributed by atoms with E-state index < -0.39 is 0 Å². The quantitative estimate of drug-likeness (QED) is 0.533. The van der Waals surface area contributed by atoms with Crippen LogP contribution in [0, 0.1) is 17.0 Å². The van der Waals surface area contributed by atoms with Crippen LogP contribution in [0.25, 0.3) is 0 Å². The van der Waals surface area contributed by atoms with Crippen LogP contribution in [-0.2, 0) is 0 Å². The normalized spacial score (nSPS) is 40.1. The van der Waals surface area contributed by atoms with Gasteiger partial charge in [0, 0.05) is 0 Å². The Bertz CT molecular complexity index is 138. The first-order valence-electron chi connectivity index (χ1n) is 4.78. The molecular weight excluding hydrogens is 138 g/mol. The Morgan fingerprint density at radius 3 is 2.55 bits per heavy atom. The van der Waals surface area contributed by atoms with Crippen LogP contribution in [-0.4, -0.2) is 18.2 Å². The number of nitrogens with zero attached hydrogens (tertiary/aromatic N) is 1. The van der Waals surface area contributed by atoms with E-state index in [9.17, 15) is 5.21 Å². The number of rotatable bonds is 0. The number of hydrogen-bond acceptors (Lipinski definition) is 2. The van der Waals surface area contributed by atoms with Crippen LogP contribution in [0.4, 0.5) is 0 Å². The van der Waals surface area contributed by atoms with Gasteiger partial charge in [-0.2, -0.15) is 0 Å². The van der Waals surface area contributed by atoms with Crippen molar-refractivity contribution in [1.29, 1.82) is 0 Å². The van der Waals surface area contributed by atoms with Crippen molar-refractivity contribution in [1.82, 2.24) is 5.06 Å². The summed E-state index contributed by atoms with van der Waals surface area (Å²) in [5.74, 6) is 1.64. The van der Waals surface area contributed by atoms with Crippen molar-refractivity contribution in [3.63, 3.8) is 0 Å². The van der Waals surface area contributed by atoms with Gasteiger partial charge < -0.3 is 10.3 Å². The summed E-state index contributed by atoms with van der Waals surface area (Å²) in [6, 6.07) is 0. The highest BCUT2D eigenvalue weighted by Gasteiger charge is 2.27. The first-order valence-corrected chi connectivity index (χ1v) is 4.78. The second-order valence-corrected chi connectivity index (χ2v) is 3.98. The van der Waals surface area contributed by atoms with E-state index in [2.05, 4.69) is 0 Å². The fourth-order valence-corrected chi connectivity index (χ4v) is 2.57. The first-order chi connectivity index (χ1) is 5.36. The number of hydrogen-bond donors (Lipinski definition) is 0. The van der Waals surface area contributed by atoms with Crippen molar-refractivity contribution in [3.05, 3.63) is 5.21 Å². The molecule has 0 N–H and O–H groups in total. The zero-order valence-corrected chi connectivity index (χ0v) is 6.96. The minimum Gasteiger partial charge on any atom is -0.785 e. The van der Waals surface area contributed by atoms with E-state index in [0.29, 0.717) is 0 Å². The van der Waals surface area contributed by atoms with Gasteiger partial charge in [0.15, 0.2) is 0 Å². The maximum Gasteiger partial charge on any atom is -0.0113 e. The lowest BCUT2D eigenvalue weighted by atomic mass is 9.75. The van der Waals surface area contributed by atoms with Crippen LogP contribution >= 0.6 is 0 Å². The smallest absolute Gasteiger partial charge is 0.0113 e. The molecule has 2 atom stereocenters. The molecule has 2 unspecified atom stereocenters. The molecule has 1 saturated carbocycles. The van der Waals surface area contributed by atoms with Gasteiger partial charge in [-0.25, -0.2) is 0 Å². The van der Waals surface area contributed by atoms with E-state index >= 15 is 0 Å². The Kier molecular flexibility index (Phi) is 2.14. The van der Waals surface area contributed by atoms with Crippen molar-refractivity contribution < 1.29 is 0 Å². The summed E-state index contributed by atoms with van der Waals surface area (Å²) in [6.07, 6.45) is 6.62. The number of piperidine rings is 1. The molecule has 1 saturated heterocycles. The summed E-state index contributed by atoms with van der Waals surface area (Å²) in [7, 11) is 0. The summed E-state index contributed by atoms with van der Waals surface area (Å²) in [5, 5.41) is 12.3. The topological polar surface area (TPSA) is 26.3 Å². The van der Waals surface area contributed by atoms with Crippen LogP contribution in [0.2, 0.25) is 0 Å². The maximum atomic E-state index is 11.0. The predicted octanol–water partition coefficient (Wildman–Crippen LogP) is 2.00. The fourth-order valence-electron chi connectivity index (χ4n) is 2.57. The second-order valence-electron chi connectivity index (χ2n) is 3.98. The lowest BCUT2D eigenvalue weighted by molar-refractivity contribution is 0.118. The van der Waals surface area contributed by atoms with Crippen molar-refractivity contribution in [2.45, 2.75) is 32.1 Å². The molecule has 0 aromatic carbocycles. The zero-order chi connectivity index (χ0) is 7.68. The summed E-state index contributed by atoms with van der Waals surface area (Å²) in [6.45, 7) is 1.62. The van der Waals surface area contributed by atoms with Crippen molar-refractivity contribution in [3.8, 4) is 0 Å². The lowest BCUT2D eigenvalue weighted by Gasteiger charge is -2.44. The molecule has 11 heavy (non-hydrogen) atoms. The minimum atomic E-state index is 0.745. The largest absolute Gasteiger partial charge is 0.785 e. The zero-order valence-electron chi connectivity index (χ0n) is 6.96. The van der Waals surface area contributed by atoms with Crippen molar-refractivity contribution in [2.75, 3.05) is 13.1 Å². The van der Waals surface area contributed by atoms with Gasteiger partial charge in [0.2, 0.25) is 0 Å². The number of fused-ring (bicyclic) bond motifs is 1. The molecule has 0 bridgehead atoms. The van der Waals surface area contributed by atoms with Crippen molar-refractivity contribution >= 4 is 0 Å². The third kappa shape index (κ3) is 1.57. The molecule has 1 heterocycles. The maximum absolute atomic E-state index is 11.0. The van der Waals surface area contributed by atoms with Gasteiger partial charge in [0.1, 0.15) is 0 Å². The highest BCUT2D eigenvalue weighted by Crippen LogP contribution is 2.35. The summed E-state index contributed by atoms with van der Waals surface area (Å²) < 4.78 is 0. The third-order valence-electron chi connectivity index (χ3n) is 3.25. The van der Waals surface area contributed by atoms with Gasteiger partial charge in [0.25, 0.3) is 0 Å². The van der Waals surface area contributed by atoms with Crippen LogP contribution in [0.3, 0.4) is 0 Å². The molecule has 0 aromatic rings. The minimum absolute atomic E-state index is 0.745. The van der Waals surface area contributed by atoms with Crippen LogP contribution in [0.1, 0.15) is 32.1 Å². The Balaban J connectivity index is 1.93. The summed E-state index contributed by atoms with van der Waals surface area (Å²) in [4.78, 5) is 0. The molecule has 2 nitrogen and oxygen atoms in total. The molecule has 2 fully saturated rings. The van der Waals surface area contributed by atoms with E-state index in [1.165, 1.54) is 30.7 Å². The van der Waals surface area contributed by atoms with Crippen LogP contribution in [0.15, 0.2) is 0 Å². The molecule has 0 radical (unpaired) electrons. The van der Waals surface area contributed by atoms with E-state index in [0.717, 1.165) is 31.3 Å². The average Bonchev–Trinajstić information content (AvgIpc) is 2.04. The van der Waals surface area contributed by atoms with E-state index in [-0.39, 0.29) is 0 Å². The lowest BCUT2D eigenvalue weighted by Crippen LogP contribution is -2.38. The molecule has 64 valence electrons. The SMILES string of the molecule is [O-]N1CCC2CCCCC2C1. The second kappa shape index (κ2) is 3.11. The van der Waals surface area contributed by atoms with Gasteiger partial charge in [-0.05, 0) is 37.8 Å². The molecule has 1 aliphatic heterocycles. The molecule has 2 heteroatoms. The van der Waals surface area contributed by atoms with Gasteiger partial charge >= 0.3 is 0 Å². The summed E-state index contributed by atoms with van der Waals surface area (Å²) in [5.41, 5.74) is 0. The van der Waals surface area contributed by atoms with E-state index in [4.69, 9.17) is 0 Å².